The van der Waals surface area contributed by atoms with Crippen LogP contribution in [0.5, 0.6) is 0 Å². The van der Waals surface area contributed by atoms with Crippen molar-refractivity contribution >= 4 is 49.7 Å². The summed E-state index contributed by atoms with van der Waals surface area (Å²) >= 11 is 0. The van der Waals surface area contributed by atoms with E-state index in [1.165, 1.54) is 0 Å². The van der Waals surface area contributed by atoms with E-state index in [0.717, 1.165) is 0 Å². The van der Waals surface area contributed by atoms with E-state index in [1.54, 1.807) is 0 Å². The first-order valence-electron chi connectivity index (χ1n) is 2.02. The van der Waals surface area contributed by atoms with Gasteiger partial charge in [-0.1, -0.05) is 6.42 Å². The Kier molecular flexibility index (Phi) is 33.6. The molecule has 0 amide bonds. The van der Waals surface area contributed by atoms with Gasteiger partial charge in [-0.2, -0.15) is 0 Å². The summed E-state index contributed by atoms with van der Waals surface area (Å²) in [6.45, 7) is 0. The molecular formula is C4H6CaFeO7. The Morgan fingerprint density at radius 1 is 1.23 bits per heavy atom. The Balaban J connectivity index is -0.0000000533. The molecule has 0 aliphatic carbocycles. The van der Waals surface area contributed by atoms with E-state index in [-0.39, 0.29) is 65.8 Å². The van der Waals surface area contributed by atoms with Crippen LogP contribution in [0.1, 0.15) is 6.42 Å². The van der Waals surface area contributed by atoms with Crippen molar-refractivity contribution in [2.45, 2.75) is 6.42 Å². The van der Waals surface area contributed by atoms with E-state index in [9.17, 15) is 14.7 Å². The van der Waals surface area contributed by atoms with Crippen LogP contribution in [0.2, 0.25) is 0 Å². The third-order valence-corrected chi connectivity index (χ3v) is 0.550. The maximum Gasteiger partial charge on any atom is 2.00 e. The molecule has 0 atom stereocenters. The molecule has 9 heteroatoms. The van der Waals surface area contributed by atoms with Gasteiger partial charge < -0.3 is 32.4 Å². The van der Waals surface area contributed by atoms with Crippen molar-refractivity contribution in [1.29, 1.82) is 0 Å². The van der Waals surface area contributed by atoms with Gasteiger partial charge in [0.05, 0.1) is 0 Å². The number of carboxylic acids is 2. The molecule has 0 aliphatic rings. The molecule has 0 saturated carbocycles. The zero-order chi connectivity index (χ0) is 7.44. The number of hydrogen-bond acceptors (Lipinski definition) is 5. The summed E-state index contributed by atoms with van der Waals surface area (Å²) < 4.78 is 0. The summed E-state index contributed by atoms with van der Waals surface area (Å²) in [7, 11) is 0. The van der Waals surface area contributed by atoms with Crippen LogP contribution in [0.15, 0.2) is 0 Å². The number of carbonyl (C=O) groups is 2. The van der Waals surface area contributed by atoms with Gasteiger partial charge in [0.2, 0.25) is 0 Å². The molecule has 0 rings (SSSR count). The molecule has 0 spiro atoms. The third kappa shape index (κ3) is 19.1. The predicted molar refractivity (Wildman–Crippen MR) is 32.8 cm³/mol. The quantitative estimate of drug-likeness (QED) is 0.427. The normalized spacial score (nSPS) is 5.92. The predicted octanol–water partition coefficient (Wildman–Crippen LogP) is -2.30. The second kappa shape index (κ2) is 15.0. The van der Waals surface area contributed by atoms with Crippen LogP contribution < -0.4 is 5.11 Å². The van der Waals surface area contributed by atoms with Crippen molar-refractivity contribution in [2.24, 2.45) is 0 Å². The number of carboxylic acid groups (broad SMARTS) is 2. The van der Waals surface area contributed by atoms with Gasteiger partial charge in [0.1, 0.15) is 5.97 Å². The Labute approximate surface area is 114 Å². The van der Waals surface area contributed by atoms with E-state index in [2.05, 4.69) is 0 Å². The minimum absolute atomic E-state index is 0. The number of aliphatic carboxylic acids is 2. The molecule has 0 aromatic carbocycles. The van der Waals surface area contributed by atoms with E-state index in [0.29, 0.717) is 0 Å². The summed E-state index contributed by atoms with van der Waals surface area (Å²) in [4.78, 5) is 19.3. The maximum atomic E-state index is 9.97. The minimum atomic E-state index is -1.71. The minimum Gasteiger partial charge on any atom is -1.01 e. The Morgan fingerprint density at radius 3 is 1.62 bits per heavy atom. The topological polar surface area (TPSA) is 158 Å². The molecule has 0 bridgehead atoms. The molecule has 0 aromatic heterocycles. The second-order valence-electron chi connectivity index (χ2n) is 1.30. The molecule has 4 N–H and O–H groups in total. The van der Waals surface area contributed by atoms with Crippen LogP contribution >= 0.6 is 0 Å². The van der Waals surface area contributed by atoms with Gasteiger partial charge in [-0.15, -0.1) is 0 Å². The summed E-state index contributed by atoms with van der Waals surface area (Å²) in [5.41, 5.74) is 0. The summed E-state index contributed by atoms with van der Waals surface area (Å²) in [5, 5.41) is 25.6. The van der Waals surface area contributed by atoms with Crippen LogP contribution in [0, 0.1) is 6.10 Å². The Hall–Kier alpha value is 0.469. The average Bonchev–Trinajstić information content (AvgIpc) is 1.63. The number of hydrogen-bond donors (Lipinski definition) is 2. The Morgan fingerprint density at radius 2 is 1.54 bits per heavy atom. The van der Waals surface area contributed by atoms with Crippen LogP contribution in [0.25, 0.3) is 0 Å². The molecule has 7 nitrogen and oxygen atoms in total. The molecule has 0 aliphatic heterocycles. The van der Waals surface area contributed by atoms with Gasteiger partial charge in [-0.25, -0.2) is 0 Å². The number of rotatable bonds is 3. The first-order chi connectivity index (χ1) is 4.04. The monoisotopic (exact) mass is 262 g/mol. The van der Waals surface area contributed by atoms with Gasteiger partial charge in [0, 0.05) is 0 Å². The van der Waals surface area contributed by atoms with Crippen LogP contribution in [-0.4, -0.2) is 70.8 Å². The molecule has 0 saturated heterocycles. The van der Waals surface area contributed by atoms with Crippen LogP contribution in [-0.2, 0) is 26.7 Å². The second-order valence-corrected chi connectivity index (χ2v) is 1.30. The fraction of sp³-hybridized carbons (Fsp3) is 0.250. The van der Waals surface area contributed by atoms with E-state index >= 15 is 0 Å². The van der Waals surface area contributed by atoms with Gasteiger partial charge in [-0.05, 0) is 0 Å². The van der Waals surface area contributed by atoms with Gasteiger partial charge >= 0.3 is 54.8 Å². The molecule has 0 fully saturated rings. The van der Waals surface area contributed by atoms with Crippen LogP contribution in [0.3, 0.4) is 0 Å². The van der Waals surface area contributed by atoms with Gasteiger partial charge in [0.25, 0.3) is 5.97 Å². The van der Waals surface area contributed by atoms with Gasteiger partial charge in [0.15, 0.2) is 0 Å². The van der Waals surface area contributed by atoms with Crippen molar-refractivity contribution < 1.29 is 52.9 Å². The van der Waals surface area contributed by atoms with Crippen LogP contribution in [0.4, 0.5) is 0 Å². The zero-order valence-electron chi connectivity index (χ0n) is 6.28. The molecule has 0 unspecified atom stereocenters. The first-order valence-corrected chi connectivity index (χ1v) is 2.02. The fourth-order valence-electron chi connectivity index (χ4n) is 0.213. The molecule has 74 valence electrons. The molecule has 0 radical (unpaired) electrons. The summed E-state index contributed by atoms with van der Waals surface area (Å²) in [6.07, 6.45) is -2.25. The summed E-state index contributed by atoms with van der Waals surface area (Å²) in [5.74, 6) is -3.14. The van der Waals surface area contributed by atoms with Gasteiger partial charge in [-0.3, -0.25) is 9.59 Å². The van der Waals surface area contributed by atoms with Crippen molar-refractivity contribution in [3.8, 4) is 0 Å². The van der Waals surface area contributed by atoms with Crippen molar-refractivity contribution in [1.82, 2.24) is 0 Å². The standard InChI is InChI=1S/C4H4O5.Ca.Fe.2H2O/c5-2(4(8)9)1-3(6)7;;;;/h1H2,(H,6,7)(H,8,9);;;2*1H2/q-2;2*+2;;/p-2. The maximum absolute atomic E-state index is 9.97. The van der Waals surface area contributed by atoms with E-state index < -0.39 is 24.5 Å². The largest absolute Gasteiger partial charge is 2.00 e. The smallest absolute Gasteiger partial charge is 1.01 e. The molecule has 13 heavy (non-hydrogen) atoms. The summed E-state index contributed by atoms with van der Waals surface area (Å²) in [6, 6.07) is 0. The Bertz CT molecular complexity index is 140. The molecule has 0 heterocycles. The van der Waals surface area contributed by atoms with E-state index in [4.69, 9.17) is 10.2 Å². The third-order valence-electron chi connectivity index (χ3n) is 0.550. The average molecular weight is 262 g/mol. The SMILES string of the molecule is O=C(O)C[C-]([O-])C(=O)O.[Ca+2].[Fe+2].[OH-].[OH-]. The first kappa shape index (κ1) is 29.2. The zero-order valence-corrected chi connectivity index (χ0v) is 9.59. The van der Waals surface area contributed by atoms with Crippen molar-refractivity contribution in [3.05, 3.63) is 6.10 Å². The van der Waals surface area contributed by atoms with E-state index in [1.807, 2.05) is 0 Å². The fourth-order valence-corrected chi connectivity index (χ4v) is 0.213. The van der Waals surface area contributed by atoms with Crippen molar-refractivity contribution in [3.63, 3.8) is 0 Å². The van der Waals surface area contributed by atoms with Crippen molar-refractivity contribution in [2.75, 3.05) is 0 Å². The molecule has 0 aromatic rings. The molecular weight excluding hydrogens is 256 g/mol.